The van der Waals surface area contributed by atoms with E-state index in [2.05, 4.69) is 6.07 Å². The smallest absolute Gasteiger partial charge is 0 e. The largest absolute Gasteiger partial charge is 0.571 e. The van der Waals surface area contributed by atoms with Crippen LogP contribution in [0.1, 0.15) is 11.5 Å². The number of rotatable bonds is 0. The van der Waals surface area contributed by atoms with E-state index in [-0.39, 0.29) is 18.6 Å². The zero-order chi connectivity index (χ0) is 5.28. The third kappa shape index (κ3) is 1.77. The van der Waals surface area contributed by atoms with Gasteiger partial charge in [0.2, 0.25) is 0 Å². The molecule has 0 aliphatic heterocycles. The minimum atomic E-state index is 0. The Hall–Kier alpha value is -0.136. The van der Waals surface area contributed by atoms with Crippen LogP contribution < -0.4 is 0 Å². The molecule has 0 aromatic carbocycles. The van der Waals surface area contributed by atoms with Crippen molar-refractivity contribution in [2.24, 2.45) is 0 Å². The Bertz CT molecular complexity index is 141. The van der Waals surface area contributed by atoms with Crippen LogP contribution in [-0.2, 0) is 18.6 Å². The van der Waals surface area contributed by atoms with Gasteiger partial charge in [0.05, 0.1) is 0 Å². The summed E-state index contributed by atoms with van der Waals surface area (Å²) in [6.45, 7) is 3.79. The summed E-state index contributed by atoms with van der Waals surface area (Å²) in [7, 11) is 0. The summed E-state index contributed by atoms with van der Waals surface area (Å²) in [5.74, 6) is 1.79. The van der Waals surface area contributed by atoms with Gasteiger partial charge in [0.15, 0.2) is 0 Å². The Kier molecular flexibility index (Phi) is 2.95. The van der Waals surface area contributed by atoms with Gasteiger partial charge in [-0.05, 0) is 12.7 Å². The van der Waals surface area contributed by atoms with Crippen molar-refractivity contribution in [2.75, 3.05) is 0 Å². The summed E-state index contributed by atoms with van der Waals surface area (Å²) >= 11 is 0. The molecular formula is C6H7OV-. The van der Waals surface area contributed by atoms with Crippen LogP contribution in [0.15, 0.2) is 10.5 Å². The van der Waals surface area contributed by atoms with Crippen LogP contribution >= 0.6 is 0 Å². The van der Waals surface area contributed by atoms with Crippen molar-refractivity contribution in [3.8, 4) is 0 Å². The van der Waals surface area contributed by atoms with Crippen LogP contribution in [-0.4, -0.2) is 0 Å². The Labute approximate surface area is 61.0 Å². The molecule has 43 valence electrons. The molecule has 0 aliphatic rings. The molecule has 1 heterocycles. The maximum absolute atomic E-state index is 5.03. The minimum absolute atomic E-state index is 0. The first-order valence-corrected chi connectivity index (χ1v) is 2.24. The molecule has 1 aromatic rings. The van der Waals surface area contributed by atoms with Crippen molar-refractivity contribution < 1.29 is 23.0 Å². The maximum Gasteiger partial charge on any atom is 0 e. The monoisotopic (exact) mass is 146 g/mol. The van der Waals surface area contributed by atoms with E-state index < -0.39 is 0 Å². The quantitative estimate of drug-likeness (QED) is 0.507. The summed E-state index contributed by atoms with van der Waals surface area (Å²) < 4.78 is 5.03. The van der Waals surface area contributed by atoms with E-state index in [4.69, 9.17) is 4.42 Å². The van der Waals surface area contributed by atoms with Crippen LogP contribution in [0.4, 0.5) is 0 Å². The van der Waals surface area contributed by atoms with E-state index in [0.717, 1.165) is 11.5 Å². The summed E-state index contributed by atoms with van der Waals surface area (Å²) in [5.41, 5.74) is 0. The second kappa shape index (κ2) is 3.00. The van der Waals surface area contributed by atoms with Crippen molar-refractivity contribution in [1.82, 2.24) is 0 Å². The van der Waals surface area contributed by atoms with Crippen LogP contribution in [0.3, 0.4) is 0 Å². The number of furan rings is 1. The molecule has 0 spiro atoms. The van der Waals surface area contributed by atoms with Crippen molar-refractivity contribution >= 4 is 0 Å². The van der Waals surface area contributed by atoms with Crippen molar-refractivity contribution in [1.29, 1.82) is 0 Å². The first-order chi connectivity index (χ1) is 3.29. The average molecular weight is 146 g/mol. The Morgan fingerprint density at radius 3 is 2.25 bits per heavy atom. The summed E-state index contributed by atoms with van der Waals surface area (Å²) in [6, 6.07) is 4.73. The van der Waals surface area contributed by atoms with Gasteiger partial charge >= 0.3 is 0 Å². The Morgan fingerprint density at radius 2 is 2.12 bits per heavy atom. The molecule has 1 radical (unpaired) electrons. The minimum Gasteiger partial charge on any atom is -0.571 e. The van der Waals surface area contributed by atoms with Gasteiger partial charge in [-0.2, -0.15) is 6.07 Å². The molecule has 2 heteroatoms. The van der Waals surface area contributed by atoms with Gasteiger partial charge in [-0.25, -0.2) is 6.07 Å². The fraction of sp³-hybridized carbons (Fsp3) is 0.333. The predicted octanol–water partition coefficient (Wildman–Crippen LogP) is 1.69. The van der Waals surface area contributed by atoms with Gasteiger partial charge in [-0.1, -0.05) is 12.7 Å². The van der Waals surface area contributed by atoms with E-state index in [9.17, 15) is 0 Å². The molecule has 1 rings (SSSR count). The van der Waals surface area contributed by atoms with Gasteiger partial charge in [0.1, 0.15) is 0 Å². The molecule has 0 saturated carbocycles. The second-order valence-corrected chi connectivity index (χ2v) is 1.56. The fourth-order valence-electron chi connectivity index (χ4n) is 0.504. The molecule has 0 fully saturated rings. The van der Waals surface area contributed by atoms with E-state index >= 15 is 0 Å². The van der Waals surface area contributed by atoms with Gasteiger partial charge in [0, 0.05) is 18.6 Å². The molecule has 0 bridgehead atoms. The standard InChI is InChI=1S/C6H7O.V/c1-5-3-4-6(2)7-5;/h3H,1-2H3;/q-1;. The number of hydrogen-bond donors (Lipinski definition) is 0. The van der Waals surface area contributed by atoms with Crippen LogP contribution in [0.2, 0.25) is 0 Å². The molecule has 8 heavy (non-hydrogen) atoms. The summed E-state index contributed by atoms with van der Waals surface area (Å²) in [4.78, 5) is 0. The molecule has 0 unspecified atom stereocenters. The summed E-state index contributed by atoms with van der Waals surface area (Å²) in [5, 5.41) is 0. The summed E-state index contributed by atoms with van der Waals surface area (Å²) in [6.07, 6.45) is 0. The normalized spacial score (nSPS) is 8.25. The second-order valence-electron chi connectivity index (χ2n) is 1.56. The SMILES string of the molecule is Cc1[c-]cc(C)o1.[V]. The van der Waals surface area contributed by atoms with E-state index in [1.165, 1.54) is 0 Å². The van der Waals surface area contributed by atoms with Crippen LogP contribution in [0.25, 0.3) is 0 Å². The third-order valence-corrected chi connectivity index (χ3v) is 0.793. The Balaban J connectivity index is 0.000000490. The first-order valence-electron chi connectivity index (χ1n) is 2.24. The molecule has 0 atom stereocenters. The molecule has 0 aliphatic carbocycles. The molecule has 0 amide bonds. The molecule has 1 aromatic heterocycles. The van der Waals surface area contributed by atoms with Crippen molar-refractivity contribution in [2.45, 2.75) is 13.8 Å². The third-order valence-electron chi connectivity index (χ3n) is 0.793. The number of aryl methyl sites for hydroxylation is 2. The van der Waals surface area contributed by atoms with Gasteiger partial charge in [-0.15, -0.1) is 0 Å². The average Bonchev–Trinajstić information content (AvgIpc) is 1.87. The van der Waals surface area contributed by atoms with E-state index in [1.807, 2.05) is 19.9 Å². The zero-order valence-electron chi connectivity index (χ0n) is 4.93. The first kappa shape index (κ1) is 7.86. The topological polar surface area (TPSA) is 13.1 Å². The maximum atomic E-state index is 5.03. The van der Waals surface area contributed by atoms with Gasteiger partial charge in [-0.3, -0.25) is 0 Å². The molecule has 0 N–H and O–H groups in total. The zero-order valence-corrected chi connectivity index (χ0v) is 6.33. The molecule has 0 saturated heterocycles. The fourth-order valence-corrected chi connectivity index (χ4v) is 0.504. The van der Waals surface area contributed by atoms with Crippen LogP contribution in [0.5, 0.6) is 0 Å². The molecule has 1 nitrogen and oxygen atoms in total. The Morgan fingerprint density at radius 1 is 1.50 bits per heavy atom. The van der Waals surface area contributed by atoms with Crippen LogP contribution in [0, 0.1) is 19.9 Å². The van der Waals surface area contributed by atoms with E-state index in [1.54, 1.807) is 0 Å². The predicted molar refractivity (Wildman–Crippen MR) is 27.0 cm³/mol. The van der Waals surface area contributed by atoms with Gasteiger partial charge < -0.3 is 4.42 Å². The van der Waals surface area contributed by atoms with Crippen molar-refractivity contribution in [3.05, 3.63) is 23.7 Å². The van der Waals surface area contributed by atoms with Gasteiger partial charge in [0.25, 0.3) is 0 Å². The number of hydrogen-bond acceptors (Lipinski definition) is 1. The molecular weight excluding hydrogens is 139 g/mol. The van der Waals surface area contributed by atoms with E-state index in [0.29, 0.717) is 0 Å². The van der Waals surface area contributed by atoms with Crippen molar-refractivity contribution in [3.63, 3.8) is 0 Å².